The van der Waals surface area contributed by atoms with Crippen LogP contribution in [0.1, 0.15) is 45.1 Å². The predicted molar refractivity (Wildman–Crippen MR) is 113 cm³/mol. The third-order valence-electron chi connectivity index (χ3n) is 5.82. The number of nitrogens with one attached hydrogen (secondary N) is 2. The summed E-state index contributed by atoms with van der Waals surface area (Å²) >= 11 is 0. The lowest BCUT2D eigenvalue weighted by Crippen LogP contribution is -2.48. The Bertz CT molecular complexity index is 647. The van der Waals surface area contributed by atoms with Crippen LogP contribution >= 0.6 is 0 Å². The van der Waals surface area contributed by atoms with Gasteiger partial charge in [-0.25, -0.2) is 4.99 Å². The molecule has 1 aliphatic carbocycles. The fourth-order valence-electron chi connectivity index (χ4n) is 3.89. The van der Waals surface area contributed by atoms with Crippen molar-refractivity contribution < 1.29 is 5.11 Å². The smallest absolute Gasteiger partial charge is 0.191 e. The molecule has 5 heteroatoms. The van der Waals surface area contributed by atoms with E-state index in [4.69, 9.17) is 4.99 Å². The molecule has 27 heavy (non-hydrogen) atoms. The molecule has 0 aromatic heterocycles. The first-order chi connectivity index (χ1) is 13.1. The fraction of sp³-hybridized carbons (Fsp3) is 0.591. The second kappa shape index (κ2) is 9.27. The van der Waals surface area contributed by atoms with Crippen molar-refractivity contribution in [3.63, 3.8) is 0 Å². The lowest BCUT2D eigenvalue weighted by molar-refractivity contribution is 0.00397. The molecule has 0 bridgehead atoms. The molecule has 1 fully saturated rings. The molecule has 1 aromatic rings. The van der Waals surface area contributed by atoms with Gasteiger partial charge in [-0.3, -0.25) is 0 Å². The minimum atomic E-state index is -0.228. The van der Waals surface area contributed by atoms with Gasteiger partial charge in [0.05, 0.1) is 12.6 Å². The van der Waals surface area contributed by atoms with Crippen molar-refractivity contribution in [1.29, 1.82) is 0 Å². The van der Waals surface area contributed by atoms with E-state index in [2.05, 4.69) is 65.8 Å². The normalized spacial score (nSPS) is 25.7. The summed E-state index contributed by atoms with van der Waals surface area (Å²) in [7, 11) is 0. The highest BCUT2D eigenvalue weighted by atomic mass is 16.3. The quantitative estimate of drug-likeness (QED) is 0.409. The molecule has 0 spiro atoms. The molecule has 2 aliphatic rings. The number of guanidine groups is 1. The molecule has 3 rings (SSSR count). The van der Waals surface area contributed by atoms with Gasteiger partial charge in [0.25, 0.3) is 0 Å². The summed E-state index contributed by atoms with van der Waals surface area (Å²) < 4.78 is 0. The van der Waals surface area contributed by atoms with E-state index >= 15 is 0 Å². The summed E-state index contributed by atoms with van der Waals surface area (Å²) in [4.78, 5) is 7.08. The number of nitrogens with zero attached hydrogens (tertiary/aromatic N) is 2. The lowest BCUT2D eigenvalue weighted by Gasteiger charge is -2.38. The van der Waals surface area contributed by atoms with E-state index in [1.165, 1.54) is 17.7 Å². The van der Waals surface area contributed by atoms with Gasteiger partial charge in [-0.05, 0) is 37.5 Å². The third kappa shape index (κ3) is 5.25. The first-order valence-electron chi connectivity index (χ1n) is 10.3. The molecule has 1 saturated carbocycles. The third-order valence-corrected chi connectivity index (χ3v) is 5.82. The molecule has 3 N–H and O–H groups in total. The van der Waals surface area contributed by atoms with E-state index in [0.29, 0.717) is 6.54 Å². The molecular formula is C22H34N4O. The van der Waals surface area contributed by atoms with E-state index in [9.17, 15) is 5.11 Å². The van der Waals surface area contributed by atoms with Gasteiger partial charge < -0.3 is 20.6 Å². The molecule has 0 radical (unpaired) electrons. The molecule has 1 aromatic carbocycles. The molecule has 2 atom stereocenters. The number of hydrogen-bond donors (Lipinski definition) is 3. The summed E-state index contributed by atoms with van der Waals surface area (Å²) in [6.45, 7) is 8.47. The zero-order valence-corrected chi connectivity index (χ0v) is 16.7. The second-order valence-corrected chi connectivity index (χ2v) is 8.01. The molecule has 5 nitrogen and oxygen atoms in total. The minimum Gasteiger partial charge on any atom is -0.392 e. The Labute approximate surface area is 163 Å². The maximum Gasteiger partial charge on any atom is 0.191 e. The molecular weight excluding hydrogens is 336 g/mol. The Morgan fingerprint density at radius 3 is 2.59 bits per heavy atom. The van der Waals surface area contributed by atoms with Gasteiger partial charge in [0.2, 0.25) is 0 Å². The number of aliphatic hydroxyl groups excluding tert-OH is 1. The second-order valence-electron chi connectivity index (χ2n) is 8.01. The van der Waals surface area contributed by atoms with E-state index in [1.54, 1.807) is 0 Å². The Balaban J connectivity index is 1.56. The Morgan fingerprint density at radius 1 is 1.19 bits per heavy atom. The topological polar surface area (TPSA) is 59.9 Å². The van der Waals surface area contributed by atoms with Gasteiger partial charge in [-0.1, -0.05) is 44.1 Å². The monoisotopic (exact) mass is 370 g/mol. The van der Waals surface area contributed by atoms with Crippen LogP contribution in [-0.4, -0.2) is 43.3 Å². The van der Waals surface area contributed by atoms with Crippen LogP contribution < -0.4 is 15.5 Å². The van der Waals surface area contributed by atoms with Gasteiger partial charge in [0.15, 0.2) is 5.96 Å². The number of aliphatic imine (C=N–C) groups is 1. The number of benzene rings is 1. The van der Waals surface area contributed by atoms with Crippen LogP contribution in [0.2, 0.25) is 0 Å². The summed E-state index contributed by atoms with van der Waals surface area (Å²) in [5.41, 5.74) is 2.39. The van der Waals surface area contributed by atoms with Crippen molar-refractivity contribution in [3.05, 3.63) is 42.0 Å². The zero-order chi connectivity index (χ0) is 19.1. The molecule has 148 valence electrons. The van der Waals surface area contributed by atoms with Crippen molar-refractivity contribution in [2.24, 2.45) is 10.4 Å². The van der Waals surface area contributed by atoms with Crippen LogP contribution in [0.5, 0.6) is 0 Å². The van der Waals surface area contributed by atoms with Crippen LogP contribution in [0.4, 0.5) is 5.69 Å². The molecule has 2 unspecified atom stereocenters. The largest absolute Gasteiger partial charge is 0.392 e. The fourth-order valence-corrected chi connectivity index (χ4v) is 3.89. The van der Waals surface area contributed by atoms with Crippen LogP contribution in [0.15, 0.2) is 41.4 Å². The molecule has 0 amide bonds. The van der Waals surface area contributed by atoms with Crippen molar-refractivity contribution in [2.75, 3.05) is 31.1 Å². The highest BCUT2D eigenvalue weighted by Gasteiger charge is 2.35. The predicted octanol–water partition coefficient (Wildman–Crippen LogP) is 3.06. The maximum absolute atomic E-state index is 10.4. The maximum atomic E-state index is 10.4. The number of anilines is 1. The number of hydrogen-bond acceptors (Lipinski definition) is 3. The van der Waals surface area contributed by atoms with Gasteiger partial charge >= 0.3 is 0 Å². The SMILES string of the molecule is CCNC(=NCc1ccc(N2CC=CC2)cc1)NCC1(C)CCCCC1O. The molecule has 0 saturated heterocycles. The highest BCUT2D eigenvalue weighted by molar-refractivity contribution is 5.79. The van der Waals surface area contributed by atoms with Gasteiger partial charge in [0, 0.05) is 37.3 Å². The zero-order valence-electron chi connectivity index (χ0n) is 16.7. The van der Waals surface area contributed by atoms with Gasteiger partial charge in [-0.15, -0.1) is 0 Å². The van der Waals surface area contributed by atoms with Gasteiger partial charge in [-0.2, -0.15) is 0 Å². The van der Waals surface area contributed by atoms with Crippen LogP contribution in [0, 0.1) is 5.41 Å². The van der Waals surface area contributed by atoms with E-state index in [1.807, 2.05) is 0 Å². The van der Waals surface area contributed by atoms with Crippen molar-refractivity contribution >= 4 is 11.6 Å². The van der Waals surface area contributed by atoms with Crippen LogP contribution in [0.25, 0.3) is 0 Å². The van der Waals surface area contributed by atoms with Crippen molar-refractivity contribution in [1.82, 2.24) is 10.6 Å². The summed E-state index contributed by atoms with van der Waals surface area (Å²) in [5.74, 6) is 0.823. The number of aliphatic hydroxyl groups is 1. The van der Waals surface area contributed by atoms with E-state index in [0.717, 1.165) is 51.4 Å². The van der Waals surface area contributed by atoms with Crippen molar-refractivity contribution in [2.45, 2.75) is 52.2 Å². The first-order valence-corrected chi connectivity index (χ1v) is 10.3. The van der Waals surface area contributed by atoms with E-state index in [-0.39, 0.29) is 11.5 Å². The minimum absolute atomic E-state index is 0.0696. The summed E-state index contributed by atoms with van der Waals surface area (Å²) in [5, 5.41) is 17.2. The number of rotatable bonds is 6. The highest BCUT2D eigenvalue weighted by Crippen LogP contribution is 2.35. The average Bonchev–Trinajstić information content (AvgIpc) is 3.22. The van der Waals surface area contributed by atoms with E-state index < -0.39 is 0 Å². The lowest BCUT2D eigenvalue weighted by atomic mass is 9.73. The first kappa shape index (κ1) is 19.7. The molecule has 1 aliphatic heterocycles. The Hall–Kier alpha value is -2.01. The molecule has 1 heterocycles. The van der Waals surface area contributed by atoms with Crippen LogP contribution in [0.3, 0.4) is 0 Å². The Morgan fingerprint density at radius 2 is 1.93 bits per heavy atom. The van der Waals surface area contributed by atoms with Gasteiger partial charge in [0.1, 0.15) is 0 Å². The van der Waals surface area contributed by atoms with Crippen LogP contribution in [-0.2, 0) is 6.54 Å². The average molecular weight is 371 g/mol. The summed E-state index contributed by atoms with van der Waals surface area (Å²) in [6.07, 6.45) is 8.48. The Kier molecular flexibility index (Phi) is 6.78. The standard InChI is InChI=1S/C22H34N4O/c1-3-23-21(25-17-22(2)13-5-4-8-20(22)27)24-16-18-9-11-19(12-10-18)26-14-6-7-15-26/h6-7,9-12,20,27H,3-5,8,13-17H2,1-2H3,(H2,23,24,25). The summed E-state index contributed by atoms with van der Waals surface area (Å²) in [6, 6.07) is 8.68. The van der Waals surface area contributed by atoms with Crippen molar-refractivity contribution in [3.8, 4) is 0 Å².